The Bertz CT molecular complexity index is 917. The Balaban J connectivity index is 1.59. The van der Waals surface area contributed by atoms with Crippen LogP contribution in [0.25, 0.3) is 0 Å². The summed E-state index contributed by atoms with van der Waals surface area (Å²) in [5.41, 5.74) is 2.05. The summed E-state index contributed by atoms with van der Waals surface area (Å²) < 4.78 is 5.70. The molecule has 1 saturated heterocycles. The molecule has 0 spiro atoms. The second-order valence-electron chi connectivity index (χ2n) is 7.06. The van der Waals surface area contributed by atoms with Gasteiger partial charge >= 0.3 is 0 Å². The number of benzene rings is 2. The van der Waals surface area contributed by atoms with Crippen LogP contribution < -0.4 is 10.6 Å². The zero-order chi connectivity index (χ0) is 21.5. The van der Waals surface area contributed by atoms with Gasteiger partial charge in [-0.3, -0.25) is 14.4 Å². The van der Waals surface area contributed by atoms with Crippen LogP contribution in [0.2, 0.25) is 0 Å². The fourth-order valence-electron chi connectivity index (χ4n) is 3.43. The minimum atomic E-state index is -0.481. The second-order valence-corrected chi connectivity index (χ2v) is 7.98. The second kappa shape index (κ2) is 10.4. The van der Waals surface area contributed by atoms with Crippen LogP contribution in [-0.2, 0) is 20.9 Å². The maximum atomic E-state index is 12.8. The summed E-state index contributed by atoms with van der Waals surface area (Å²) in [5, 5.41) is 5.65. The van der Waals surface area contributed by atoms with Crippen molar-refractivity contribution in [2.24, 2.45) is 0 Å². The minimum absolute atomic E-state index is 0.0229. The van der Waals surface area contributed by atoms with Crippen molar-refractivity contribution in [1.29, 1.82) is 0 Å². The molecule has 1 heterocycles. The van der Waals surface area contributed by atoms with Crippen LogP contribution in [0.15, 0.2) is 53.0 Å². The van der Waals surface area contributed by atoms with Gasteiger partial charge in [0.25, 0.3) is 5.91 Å². The number of hydrogen-bond acceptors (Lipinski definition) is 4. The first-order valence-corrected chi connectivity index (χ1v) is 10.5. The van der Waals surface area contributed by atoms with Crippen LogP contribution >= 0.6 is 15.9 Å². The molecule has 1 atom stereocenters. The molecule has 1 fully saturated rings. The maximum absolute atomic E-state index is 12.8. The fraction of sp³-hybridized carbons (Fsp3) is 0.318. The van der Waals surface area contributed by atoms with Crippen LogP contribution in [0, 0.1) is 0 Å². The highest BCUT2D eigenvalue weighted by Crippen LogP contribution is 2.21. The van der Waals surface area contributed by atoms with E-state index in [1.807, 2.05) is 24.3 Å². The van der Waals surface area contributed by atoms with Crippen molar-refractivity contribution in [3.63, 3.8) is 0 Å². The number of methoxy groups -OCH3 is 1. The van der Waals surface area contributed by atoms with Gasteiger partial charge in [-0.15, -0.1) is 0 Å². The molecule has 0 aromatic heterocycles. The lowest BCUT2D eigenvalue weighted by atomic mass is 10.1. The number of rotatable bonds is 7. The van der Waals surface area contributed by atoms with Crippen LogP contribution in [0.5, 0.6) is 0 Å². The molecule has 2 N–H and O–H groups in total. The number of anilines is 1. The van der Waals surface area contributed by atoms with Gasteiger partial charge in [0.1, 0.15) is 12.6 Å². The molecule has 3 amide bonds. The first kappa shape index (κ1) is 22.0. The number of nitrogens with zero attached hydrogens (tertiary/aromatic N) is 1. The van der Waals surface area contributed by atoms with E-state index in [2.05, 4.69) is 26.6 Å². The molecule has 30 heavy (non-hydrogen) atoms. The SMILES string of the molecule is COCC(=O)Nc1cccc(CNC(=O)C2CCCN2C(=O)c2ccc(Br)cc2)c1. The summed E-state index contributed by atoms with van der Waals surface area (Å²) >= 11 is 3.36. The number of hydrogen-bond donors (Lipinski definition) is 2. The third kappa shape index (κ3) is 5.67. The van der Waals surface area contributed by atoms with Gasteiger partial charge in [-0.1, -0.05) is 28.1 Å². The standard InChI is InChI=1S/C22H24BrN3O4/c1-30-14-20(27)25-18-5-2-4-15(12-18)13-24-21(28)19-6-3-11-26(19)22(29)16-7-9-17(23)10-8-16/h2,4-5,7-10,12,19H,3,6,11,13-14H2,1H3,(H,24,28)(H,25,27). The summed E-state index contributed by atoms with van der Waals surface area (Å²) in [4.78, 5) is 38.9. The first-order chi connectivity index (χ1) is 14.5. The van der Waals surface area contributed by atoms with Crippen LogP contribution in [0.3, 0.4) is 0 Å². The zero-order valence-corrected chi connectivity index (χ0v) is 18.3. The molecule has 3 rings (SSSR count). The van der Waals surface area contributed by atoms with E-state index in [-0.39, 0.29) is 24.3 Å². The maximum Gasteiger partial charge on any atom is 0.254 e. The normalized spacial score (nSPS) is 15.7. The monoisotopic (exact) mass is 473 g/mol. The smallest absolute Gasteiger partial charge is 0.254 e. The Hall–Kier alpha value is -2.71. The van der Waals surface area contributed by atoms with Crippen molar-refractivity contribution < 1.29 is 19.1 Å². The molecular weight excluding hydrogens is 450 g/mol. The van der Waals surface area contributed by atoms with E-state index < -0.39 is 6.04 Å². The van der Waals surface area contributed by atoms with E-state index in [0.717, 1.165) is 16.5 Å². The summed E-state index contributed by atoms with van der Waals surface area (Å²) in [6, 6.07) is 13.9. The van der Waals surface area contributed by atoms with E-state index in [1.165, 1.54) is 7.11 Å². The molecule has 1 aliphatic rings. The Morgan fingerprint density at radius 2 is 1.93 bits per heavy atom. The van der Waals surface area contributed by atoms with Gasteiger partial charge in [0.15, 0.2) is 0 Å². The molecular formula is C22H24BrN3O4. The molecule has 7 nitrogen and oxygen atoms in total. The number of carbonyl (C=O) groups excluding carboxylic acids is 3. The predicted octanol–water partition coefficient (Wildman–Crippen LogP) is 2.96. The van der Waals surface area contributed by atoms with Crippen LogP contribution in [-0.4, -0.2) is 48.9 Å². The Morgan fingerprint density at radius 3 is 2.67 bits per heavy atom. The summed E-state index contributed by atoms with van der Waals surface area (Å²) in [5.74, 6) is -0.554. The van der Waals surface area contributed by atoms with E-state index in [1.54, 1.807) is 29.2 Å². The van der Waals surface area contributed by atoms with Crippen molar-refractivity contribution in [1.82, 2.24) is 10.2 Å². The average molecular weight is 474 g/mol. The van der Waals surface area contributed by atoms with E-state index in [0.29, 0.717) is 30.8 Å². The number of amides is 3. The molecule has 0 saturated carbocycles. The first-order valence-electron chi connectivity index (χ1n) is 9.70. The molecule has 1 aliphatic heterocycles. The van der Waals surface area contributed by atoms with Gasteiger partial charge in [0, 0.05) is 35.9 Å². The van der Waals surface area contributed by atoms with E-state index >= 15 is 0 Å². The topological polar surface area (TPSA) is 87.7 Å². The molecule has 2 aromatic carbocycles. The van der Waals surface area contributed by atoms with E-state index in [9.17, 15) is 14.4 Å². The van der Waals surface area contributed by atoms with Gasteiger partial charge in [0.05, 0.1) is 0 Å². The zero-order valence-electron chi connectivity index (χ0n) is 16.7. The Morgan fingerprint density at radius 1 is 1.17 bits per heavy atom. The average Bonchev–Trinajstić information content (AvgIpc) is 3.22. The van der Waals surface area contributed by atoms with Gasteiger partial charge in [-0.25, -0.2) is 0 Å². The van der Waals surface area contributed by atoms with Crippen molar-refractivity contribution in [2.45, 2.75) is 25.4 Å². The molecule has 0 radical (unpaired) electrons. The van der Waals surface area contributed by atoms with Gasteiger partial charge in [0.2, 0.25) is 11.8 Å². The lowest BCUT2D eigenvalue weighted by molar-refractivity contribution is -0.125. The Labute approximate surface area is 183 Å². The van der Waals surface area contributed by atoms with Crippen molar-refractivity contribution >= 4 is 39.3 Å². The lowest BCUT2D eigenvalue weighted by Crippen LogP contribution is -2.45. The van der Waals surface area contributed by atoms with Crippen molar-refractivity contribution in [3.8, 4) is 0 Å². The third-order valence-corrected chi connectivity index (χ3v) is 5.39. The van der Waals surface area contributed by atoms with Gasteiger partial charge in [-0.05, 0) is 54.8 Å². The van der Waals surface area contributed by atoms with Gasteiger partial charge in [-0.2, -0.15) is 0 Å². The molecule has 0 bridgehead atoms. The highest BCUT2D eigenvalue weighted by molar-refractivity contribution is 9.10. The molecule has 1 unspecified atom stereocenters. The lowest BCUT2D eigenvalue weighted by Gasteiger charge is -2.24. The molecule has 158 valence electrons. The highest BCUT2D eigenvalue weighted by Gasteiger charge is 2.34. The molecule has 8 heteroatoms. The van der Waals surface area contributed by atoms with E-state index in [4.69, 9.17) is 4.74 Å². The number of ether oxygens (including phenoxy) is 1. The highest BCUT2D eigenvalue weighted by atomic mass is 79.9. The number of halogens is 1. The minimum Gasteiger partial charge on any atom is -0.375 e. The predicted molar refractivity (Wildman–Crippen MR) is 117 cm³/mol. The fourth-order valence-corrected chi connectivity index (χ4v) is 3.70. The number of likely N-dealkylation sites (tertiary alicyclic amines) is 1. The number of nitrogens with one attached hydrogen (secondary N) is 2. The van der Waals surface area contributed by atoms with Crippen LogP contribution in [0.4, 0.5) is 5.69 Å². The summed E-state index contributed by atoms with van der Waals surface area (Å²) in [6.07, 6.45) is 1.43. The molecule has 2 aromatic rings. The van der Waals surface area contributed by atoms with Crippen molar-refractivity contribution in [2.75, 3.05) is 25.6 Å². The summed E-state index contributed by atoms with van der Waals surface area (Å²) in [7, 11) is 1.46. The number of carbonyl (C=O) groups is 3. The largest absolute Gasteiger partial charge is 0.375 e. The van der Waals surface area contributed by atoms with Crippen LogP contribution in [0.1, 0.15) is 28.8 Å². The molecule has 0 aliphatic carbocycles. The van der Waals surface area contributed by atoms with Crippen molar-refractivity contribution in [3.05, 3.63) is 64.1 Å². The Kier molecular flexibility index (Phi) is 7.59. The third-order valence-electron chi connectivity index (χ3n) is 4.86. The van der Waals surface area contributed by atoms with Gasteiger partial charge < -0.3 is 20.3 Å². The quantitative estimate of drug-likeness (QED) is 0.646. The summed E-state index contributed by atoms with van der Waals surface area (Å²) in [6.45, 7) is 0.850.